The van der Waals surface area contributed by atoms with Crippen LogP contribution in [0.25, 0.3) is 0 Å². The Labute approximate surface area is 97.7 Å². The number of hydrogen-bond donors (Lipinski definition) is 0. The third-order valence-electron chi connectivity index (χ3n) is 3.75. The number of rotatable bonds is 1. The first-order chi connectivity index (χ1) is 7.20. The Morgan fingerprint density at radius 2 is 1.80 bits per heavy atom. The van der Waals surface area contributed by atoms with E-state index in [4.69, 9.17) is 11.6 Å². The molecule has 0 amide bonds. The van der Waals surface area contributed by atoms with Gasteiger partial charge in [0.1, 0.15) is 0 Å². The lowest BCUT2D eigenvalue weighted by Gasteiger charge is -2.20. The molecule has 0 radical (unpaired) electrons. The Morgan fingerprint density at radius 1 is 1.13 bits per heavy atom. The summed E-state index contributed by atoms with van der Waals surface area (Å²) in [5.74, 6) is 3.31. The molecule has 4 atom stereocenters. The van der Waals surface area contributed by atoms with Crippen molar-refractivity contribution in [3.05, 3.63) is 36.0 Å². The normalized spacial score (nSPS) is 39.5. The van der Waals surface area contributed by atoms with Crippen LogP contribution in [0.1, 0.15) is 20.3 Å². The summed E-state index contributed by atoms with van der Waals surface area (Å²) in [5, 5.41) is 0. The van der Waals surface area contributed by atoms with E-state index in [1.807, 2.05) is 0 Å². The second kappa shape index (κ2) is 4.57. The van der Waals surface area contributed by atoms with Gasteiger partial charge >= 0.3 is 0 Å². The first-order valence-corrected chi connectivity index (χ1v) is 6.37. The molecule has 0 aromatic carbocycles. The molecule has 0 heterocycles. The van der Waals surface area contributed by atoms with E-state index < -0.39 is 0 Å². The molecule has 0 spiro atoms. The molecule has 2 aliphatic rings. The zero-order valence-corrected chi connectivity index (χ0v) is 10.2. The van der Waals surface area contributed by atoms with Crippen LogP contribution in [-0.4, -0.2) is 5.88 Å². The summed E-state index contributed by atoms with van der Waals surface area (Å²) in [5.41, 5.74) is 1.29. The van der Waals surface area contributed by atoms with Crippen LogP contribution in [0.3, 0.4) is 0 Å². The van der Waals surface area contributed by atoms with Crippen molar-refractivity contribution in [1.82, 2.24) is 0 Å². The Bertz CT molecular complexity index is 311. The monoisotopic (exact) mass is 222 g/mol. The fraction of sp³-hybridized carbons (Fsp3) is 0.571. The zero-order chi connectivity index (χ0) is 10.8. The molecule has 0 aliphatic heterocycles. The highest BCUT2D eigenvalue weighted by atomic mass is 35.5. The predicted molar refractivity (Wildman–Crippen MR) is 67.0 cm³/mol. The molecule has 2 aliphatic carbocycles. The van der Waals surface area contributed by atoms with E-state index in [0.717, 1.165) is 0 Å². The molecule has 2 rings (SSSR count). The third-order valence-corrected chi connectivity index (χ3v) is 4.06. The molecular weight excluding hydrogens is 204 g/mol. The lowest BCUT2D eigenvalue weighted by molar-refractivity contribution is 0.390. The van der Waals surface area contributed by atoms with Crippen molar-refractivity contribution in [3.8, 4) is 0 Å². The molecule has 0 aromatic heterocycles. The van der Waals surface area contributed by atoms with Gasteiger partial charge in [-0.3, -0.25) is 0 Å². The fourth-order valence-corrected chi connectivity index (χ4v) is 2.70. The van der Waals surface area contributed by atoms with Crippen molar-refractivity contribution in [2.45, 2.75) is 20.3 Å². The van der Waals surface area contributed by atoms with Gasteiger partial charge in [-0.1, -0.05) is 44.2 Å². The molecule has 1 heteroatoms. The van der Waals surface area contributed by atoms with Crippen LogP contribution in [-0.2, 0) is 0 Å². The van der Waals surface area contributed by atoms with Crippen molar-refractivity contribution in [1.29, 1.82) is 0 Å². The summed E-state index contributed by atoms with van der Waals surface area (Å²) in [7, 11) is 0. The number of allylic oxidation sites excluding steroid dienone is 6. The Morgan fingerprint density at radius 3 is 2.47 bits per heavy atom. The highest BCUT2D eigenvalue weighted by molar-refractivity contribution is 6.19. The molecular formula is C14H19Cl. The molecule has 0 unspecified atom stereocenters. The summed E-state index contributed by atoms with van der Waals surface area (Å²) in [6, 6.07) is 0. The predicted octanol–water partition coefficient (Wildman–Crippen LogP) is 4.19. The maximum absolute atomic E-state index is 5.93. The Kier molecular flexibility index (Phi) is 3.35. The quantitative estimate of drug-likeness (QED) is 0.461. The fourth-order valence-electron chi connectivity index (χ4n) is 2.52. The van der Waals surface area contributed by atoms with E-state index in [-0.39, 0.29) is 0 Å². The van der Waals surface area contributed by atoms with Crippen molar-refractivity contribution in [2.75, 3.05) is 5.88 Å². The molecule has 2 bridgehead atoms. The van der Waals surface area contributed by atoms with Gasteiger partial charge in [0, 0.05) is 5.88 Å². The van der Waals surface area contributed by atoms with Gasteiger partial charge in [-0.15, -0.1) is 11.6 Å². The standard InChI is InChI=1S/C14H19Cl/c1-10-3-4-11(2)14-7-12(9-15)5-6-13(10)8-14/h3-7,10-11,13-14H,8-9H2,1-2H3/t10-,11+,13+,14-/m1/s1. The van der Waals surface area contributed by atoms with Gasteiger partial charge in [0.05, 0.1) is 0 Å². The second-order valence-electron chi connectivity index (χ2n) is 4.90. The minimum absolute atomic E-state index is 0.643. The van der Waals surface area contributed by atoms with Crippen molar-refractivity contribution in [3.63, 3.8) is 0 Å². The van der Waals surface area contributed by atoms with Gasteiger partial charge in [0.15, 0.2) is 0 Å². The van der Waals surface area contributed by atoms with Gasteiger partial charge in [-0.05, 0) is 35.7 Å². The summed E-state index contributed by atoms with van der Waals surface area (Å²) in [6.45, 7) is 4.62. The topological polar surface area (TPSA) is 0 Å². The summed E-state index contributed by atoms with van der Waals surface area (Å²) < 4.78 is 0. The van der Waals surface area contributed by atoms with Crippen LogP contribution in [0.4, 0.5) is 0 Å². The van der Waals surface area contributed by atoms with Crippen molar-refractivity contribution >= 4 is 11.6 Å². The number of hydrogen-bond acceptors (Lipinski definition) is 0. The second-order valence-corrected chi connectivity index (χ2v) is 5.17. The Balaban J connectivity index is 2.30. The van der Waals surface area contributed by atoms with Gasteiger partial charge in [0.2, 0.25) is 0 Å². The van der Waals surface area contributed by atoms with Crippen molar-refractivity contribution in [2.24, 2.45) is 23.7 Å². The molecule has 0 saturated heterocycles. The number of halogens is 1. The lowest BCUT2D eigenvalue weighted by atomic mass is 9.85. The van der Waals surface area contributed by atoms with E-state index in [1.165, 1.54) is 12.0 Å². The molecule has 15 heavy (non-hydrogen) atoms. The molecule has 82 valence electrons. The Hall–Kier alpha value is -0.490. The van der Waals surface area contributed by atoms with E-state index >= 15 is 0 Å². The molecule has 0 N–H and O–H groups in total. The van der Waals surface area contributed by atoms with E-state index in [0.29, 0.717) is 29.6 Å². The number of fused-ring (bicyclic) bond motifs is 2. The third kappa shape index (κ3) is 2.36. The highest BCUT2D eigenvalue weighted by Gasteiger charge is 2.25. The summed E-state index contributed by atoms with van der Waals surface area (Å²) in [4.78, 5) is 0. The van der Waals surface area contributed by atoms with Crippen LogP contribution in [0.5, 0.6) is 0 Å². The zero-order valence-electron chi connectivity index (χ0n) is 9.49. The molecule has 0 nitrogen and oxygen atoms in total. The first-order valence-electron chi connectivity index (χ1n) is 5.84. The average molecular weight is 223 g/mol. The smallest absolute Gasteiger partial charge is 0.0470 e. The van der Waals surface area contributed by atoms with Crippen LogP contribution in [0, 0.1) is 23.7 Å². The van der Waals surface area contributed by atoms with Gasteiger partial charge in [0.25, 0.3) is 0 Å². The minimum Gasteiger partial charge on any atom is -0.122 e. The van der Waals surface area contributed by atoms with Gasteiger partial charge in [-0.25, -0.2) is 0 Å². The highest BCUT2D eigenvalue weighted by Crippen LogP contribution is 2.35. The summed E-state index contributed by atoms with van der Waals surface area (Å²) in [6.07, 6.45) is 13.0. The van der Waals surface area contributed by atoms with Crippen molar-refractivity contribution < 1.29 is 0 Å². The number of alkyl halides is 1. The summed E-state index contributed by atoms with van der Waals surface area (Å²) >= 11 is 5.93. The molecule has 0 fully saturated rings. The SMILES string of the molecule is C[C@@H]1C=C[C@H](C)[C@@H]2C=C(CCl)C=C[C@H]1C2. The van der Waals surface area contributed by atoms with Crippen LogP contribution >= 0.6 is 11.6 Å². The van der Waals surface area contributed by atoms with E-state index in [9.17, 15) is 0 Å². The van der Waals surface area contributed by atoms with E-state index in [2.05, 4.69) is 44.2 Å². The maximum atomic E-state index is 5.93. The maximum Gasteiger partial charge on any atom is 0.0470 e. The van der Waals surface area contributed by atoms with Gasteiger partial charge in [-0.2, -0.15) is 0 Å². The largest absolute Gasteiger partial charge is 0.122 e. The minimum atomic E-state index is 0.643. The molecule has 0 saturated carbocycles. The first kappa shape index (κ1) is 11.0. The lowest BCUT2D eigenvalue weighted by Crippen LogP contribution is -2.11. The molecule has 0 aromatic rings. The van der Waals surface area contributed by atoms with Crippen LogP contribution in [0.15, 0.2) is 36.0 Å². The van der Waals surface area contributed by atoms with Crippen LogP contribution < -0.4 is 0 Å². The van der Waals surface area contributed by atoms with Gasteiger partial charge < -0.3 is 0 Å². The average Bonchev–Trinajstić information content (AvgIpc) is 2.53. The van der Waals surface area contributed by atoms with E-state index in [1.54, 1.807) is 0 Å². The van der Waals surface area contributed by atoms with Crippen LogP contribution in [0.2, 0.25) is 0 Å².